The standard InChI is InChI=1S/C29H23FN2O2/c30-20-10-9-18(16-31)27(15-20)19-13-21-11-12-22(14-19)32(21)29(33)34-17-28-25-7-3-1-5-23(25)24-6-2-4-8-26(24)28/h1-10,13,15,21-22,28H,11-12,14,17H2. The van der Waals surface area contributed by atoms with Gasteiger partial charge >= 0.3 is 6.09 Å². The van der Waals surface area contributed by atoms with E-state index in [1.54, 1.807) is 0 Å². The monoisotopic (exact) mass is 450 g/mol. The summed E-state index contributed by atoms with van der Waals surface area (Å²) in [6, 6.07) is 22.9. The molecular weight excluding hydrogens is 427 g/mol. The molecule has 1 fully saturated rings. The van der Waals surface area contributed by atoms with Crippen molar-refractivity contribution in [1.29, 1.82) is 5.26 Å². The Labute approximate surface area is 197 Å². The molecule has 0 spiro atoms. The maximum absolute atomic E-state index is 13.9. The van der Waals surface area contributed by atoms with Crippen molar-refractivity contribution < 1.29 is 13.9 Å². The van der Waals surface area contributed by atoms with E-state index >= 15 is 0 Å². The lowest BCUT2D eigenvalue weighted by Gasteiger charge is -2.33. The molecule has 2 aliphatic heterocycles. The van der Waals surface area contributed by atoms with Crippen molar-refractivity contribution in [1.82, 2.24) is 4.90 Å². The minimum atomic E-state index is -0.360. The lowest BCUT2D eigenvalue weighted by molar-refractivity contribution is 0.0866. The average molecular weight is 451 g/mol. The predicted octanol–water partition coefficient (Wildman–Crippen LogP) is 6.27. The van der Waals surface area contributed by atoms with Crippen molar-refractivity contribution in [2.75, 3.05) is 6.61 Å². The second-order valence-electron chi connectivity index (χ2n) is 9.21. The first-order chi connectivity index (χ1) is 16.6. The number of nitrogens with zero attached hydrogens (tertiary/aromatic N) is 2. The van der Waals surface area contributed by atoms with Crippen LogP contribution in [0.15, 0.2) is 72.8 Å². The van der Waals surface area contributed by atoms with Crippen LogP contribution in [0.3, 0.4) is 0 Å². The van der Waals surface area contributed by atoms with E-state index in [0.29, 0.717) is 24.2 Å². The quantitative estimate of drug-likeness (QED) is 0.473. The van der Waals surface area contributed by atoms with Gasteiger partial charge in [0.15, 0.2) is 0 Å². The molecule has 34 heavy (non-hydrogen) atoms. The van der Waals surface area contributed by atoms with E-state index in [-0.39, 0.29) is 29.9 Å². The van der Waals surface area contributed by atoms with Gasteiger partial charge in [-0.15, -0.1) is 0 Å². The van der Waals surface area contributed by atoms with Gasteiger partial charge in [-0.1, -0.05) is 54.6 Å². The van der Waals surface area contributed by atoms with E-state index in [4.69, 9.17) is 4.74 Å². The Morgan fingerprint density at radius 2 is 1.71 bits per heavy atom. The highest BCUT2D eigenvalue weighted by Gasteiger charge is 2.41. The summed E-state index contributed by atoms with van der Waals surface area (Å²) >= 11 is 0. The highest BCUT2D eigenvalue weighted by Crippen LogP contribution is 2.45. The van der Waals surface area contributed by atoms with Gasteiger partial charge in [0.1, 0.15) is 12.4 Å². The van der Waals surface area contributed by atoms with E-state index < -0.39 is 0 Å². The van der Waals surface area contributed by atoms with Gasteiger partial charge in [0, 0.05) is 12.0 Å². The number of hydrogen-bond donors (Lipinski definition) is 0. The fourth-order valence-corrected chi connectivity index (χ4v) is 5.86. The highest BCUT2D eigenvalue weighted by atomic mass is 19.1. The topological polar surface area (TPSA) is 53.3 Å². The molecule has 5 heteroatoms. The Hall–Kier alpha value is -3.91. The number of carbonyl (C=O) groups excluding carboxylic acids is 1. The molecule has 0 aromatic heterocycles. The minimum Gasteiger partial charge on any atom is -0.448 e. The zero-order valence-electron chi connectivity index (χ0n) is 18.6. The van der Waals surface area contributed by atoms with E-state index in [1.807, 2.05) is 35.2 Å². The summed E-state index contributed by atoms with van der Waals surface area (Å²) in [5, 5.41) is 9.46. The average Bonchev–Trinajstić information content (AvgIpc) is 3.33. The molecule has 2 unspecified atom stereocenters. The van der Waals surface area contributed by atoms with E-state index in [0.717, 1.165) is 18.4 Å². The molecule has 0 N–H and O–H groups in total. The smallest absolute Gasteiger partial charge is 0.410 e. The van der Waals surface area contributed by atoms with Crippen LogP contribution in [0.25, 0.3) is 16.7 Å². The zero-order chi connectivity index (χ0) is 23.2. The molecule has 168 valence electrons. The summed E-state index contributed by atoms with van der Waals surface area (Å²) in [6.07, 6.45) is 4.02. The molecule has 1 saturated heterocycles. The minimum absolute atomic E-state index is 0.00420. The van der Waals surface area contributed by atoms with Crippen LogP contribution in [-0.4, -0.2) is 29.7 Å². The van der Waals surface area contributed by atoms with Crippen LogP contribution in [0.4, 0.5) is 9.18 Å². The first kappa shape index (κ1) is 20.7. The van der Waals surface area contributed by atoms with Gasteiger partial charge in [0.25, 0.3) is 0 Å². The number of fused-ring (bicyclic) bond motifs is 5. The van der Waals surface area contributed by atoms with Gasteiger partial charge < -0.3 is 4.74 Å². The number of halogens is 1. The predicted molar refractivity (Wildman–Crippen MR) is 127 cm³/mol. The molecule has 3 aliphatic rings. The van der Waals surface area contributed by atoms with Crippen LogP contribution in [0.2, 0.25) is 0 Å². The Balaban J connectivity index is 1.22. The summed E-state index contributed by atoms with van der Waals surface area (Å²) in [5.74, 6) is -0.336. The first-order valence-electron chi connectivity index (χ1n) is 11.7. The van der Waals surface area contributed by atoms with Crippen molar-refractivity contribution in [3.63, 3.8) is 0 Å². The summed E-state index contributed by atoms with van der Waals surface area (Å²) in [6.45, 7) is 0.294. The summed E-state index contributed by atoms with van der Waals surface area (Å²) in [7, 11) is 0. The van der Waals surface area contributed by atoms with E-state index in [2.05, 4.69) is 30.3 Å². The summed E-state index contributed by atoms with van der Waals surface area (Å²) < 4.78 is 19.8. The molecule has 2 heterocycles. The van der Waals surface area contributed by atoms with Gasteiger partial charge in [-0.05, 0) is 70.9 Å². The third kappa shape index (κ3) is 3.30. The number of hydrogen-bond acceptors (Lipinski definition) is 3. The number of ether oxygens (including phenoxy) is 1. The van der Waals surface area contributed by atoms with Crippen molar-refractivity contribution in [3.05, 3.63) is 101 Å². The lowest BCUT2D eigenvalue weighted by Crippen LogP contribution is -2.43. The van der Waals surface area contributed by atoms with E-state index in [9.17, 15) is 14.4 Å². The van der Waals surface area contributed by atoms with Crippen LogP contribution in [-0.2, 0) is 4.74 Å². The molecule has 1 aliphatic carbocycles. The molecule has 0 saturated carbocycles. The molecule has 3 aromatic rings. The number of amides is 1. The summed E-state index contributed by atoms with van der Waals surface area (Å²) in [5.41, 5.74) is 6.81. The van der Waals surface area contributed by atoms with Crippen LogP contribution >= 0.6 is 0 Å². The fraction of sp³-hybridized carbons (Fsp3) is 0.241. The molecule has 3 aromatic carbocycles. The Bertz CT molecular complexity index is 1330. The highest BCUT2D eigenvalue weighted by molar-refractivity contribution is 5.80. The van der Waals surface area contributed by atoms with Gasteiger partial charge in [0.2, 0.25) is 0 Å². The van der Waals surface area contributed by atoms with Crippen molar-refractivity contribution in [2.24, 2.45) is 0 Å². The second-order valence-corrected chi connectivity index (χ2v) is 9.21. The SMILES string of the molecule is N#Cc1ccc(F)cc1C1=CC2CCC(C1)N2C(=O)OCC1c2ccccc2-c2ccccc21. The van der Waals surface area contributed by atoms with Crippen LogP contribution in [0, 0.1) is 17.1 Å². The maximum Gasteiger partial charge on any atom is 0.410 e. The van der Waals surface area contributed by atoms with Crippen molar-refractivity contribution in [2.45, 2.75) is 37.3 Å². The third-order valence-electron chi connectivity index (χ3n) is 7.39. The number of nitriles is 1. The van der Waals surface area contributed by atoms with Crippen molar-refractivity contribution in [3.8, 4) is 17.2 Å². The fourth-order valence-electron chi connectivity index (χ4n) is 5.86. The first-order valence-corrected chi connectivity index (χ1v) is 11.7. The molecule has 2 atom stereocenters. The second kappa shape index (κ2) is 8.14. The molecule has 2 bridgehead atoms. The van der Waals surface area contributed by atoms with E-state index in [1.165, 1.54) is 40.5 Å². The third-order valence-corrected chi connectivity index (χ3v) is 7.39. The largest absolute Gasteiger partial charge is 0.448 e. The molecule has 6 rings (SSSR count). The number of benzene rings is 3. The zero-order valence-corrected chi connectivity index (χ0v) is 18.6. The lowest BCUT2D eigenvalue weighted by atomic mass is 9.92. The normalized spacial score (nSPS) is 20.4. The van der Waals surface area contributed by atoms with Gasteiger partial charge in [-0.2, -0.15) is 5.26 Å². The number of rotatable bonds is 3. The van der Waals surface area contributed by atoms with Gasteiger partial charge in [0.05, 0.1) is 17.7 Å². The Kier molecular flexibility index (Phi) is 4.95. The molecule has 0 radical (unpaired) electrons. The molecule has 1 amide bonds. The molecule has 4 nitrogen and oxygen atoms in total. The maximum atomic E-state index is 13.9. The molecular formula is C29H23FN2O2. The number of carbonyl (C=O) groups is 1. The van der Waals surface area contributed by atoms with Crippen molar-refractivity contribution >= 4 is 11.7 Å². The van der Waals surface area contributed by atoms with Crippen LogP contribution in [0.5, 0.6) is 0 Å². The van der Waals surface area contributed by atoms with Crippen LogP contribution < -0.4 is 0 Å². The Morgan fingerprint density at radius 1 is 1.00 bits per heavy atom. The van der Waals surface area contributed by atoms with Gasteiger partial charge in [-0.3, -0.25) is 4.90 Å². The van der Waals surface area contributed by atoms with Crippen LogP contribution in [0.1, 0.15) is 47.4 Å². The summed E-state index contributed by atoms with van der Waals surface area (Å²) in [4.78, 5) is 15.1. The Morgan fingerprint density at radius 3 is 2.38 bits per heavy atom. The van der Waals surface area contributed by atoms with Gasteiger partial charge in [-0.25, -0.2) is 9.18 Å².